The minimum atomic E-state index is -1.01. The lowest BCUT2D eigenvalue weighted by molar-refractivity contribution is 0.0696. The Balaban J connectivity index is 1.72. The number of Topliss-reactive ketones (excluding diaryl/α,β-unsaturated/α-hetero) is 1. The lowest BCUT2D eigenvalue weighted by Gasteiger charge is -2.05. The zero-order valence-corrected chi connectivity index (χ0v) is 14.2. The van der Waals surface area contributed by atoms with Crippen molar-refractivity contribution in [1.29, 1.82) is 0 Å². The summed E-state index contributed by atoms with van der Waals surface area (Å²) >= 11 is 7.00. The van der Waals surface area contributed by atoms with Crippen LogP contribution in [-0.4, -0.2) is 42.8 Å². The molecule has 0 aliphatic carbocycles. The number of rotatable bonds is 6. The van der Waals surface area contributed by atoms with Gasteiger partial charge in [-0.2, -0.15) is 4.68 Å². The molecule has 0 spiro atoms. The lowest BCUT2D eigenvalue weighted by atomic mass is 10.1. The van der Waals surface area contributed by atoms with Gasteiger partial charge in [0.2, 0.25) is 5.16 Å². The van der Waals surface area contributed by atoms with Crippen molar-refractivity contribution in [3.05, 3.63) is 64.7 Å². The Morgan fingerprint density at radius 2 is 1.68 bits per heavy atom. The summed E-state index contributed by atoms with van der Waals surface area (Å²) in [4.78, 5) is 23.1. The van der Waals surface area contributed by atoms with Crippen molar-refractivity contribution in [3.8, 4) is 5.69 Å². The molecule has 0 radical (unpaired) electrons. The SMILES string of the molecule is O=C(O)c1ccc(-n2nnnc2SCC(=O)c2ccc(Cl)cc2)cc1. The molecule has 0 saturated carbocycles. The highest BCUT2D eigenvalue weighted by molar-refractivity contribution is 7.99. The number of carboxylic acids is 1. The van der Waals surface area contributed by atoms with Gasteiger partial charge in [-0.25, -0.2) is 4.79 Å². The zero-order chi connectivity index (χ0) is 17.8. The summed E-state index contributed by atoms with van der Waals surface area (Å²) in [6.07, 6.45) is 0. The van der Waals surface area contributed by atoms with Gasteiger partial charge in [0.05, 0.1) is 17.0 Å². The largest absolute Gasteiger partial charge is 0.478 e. The summed E-state index contributed by atoms with van der Waals surface area (Å²) in [6.45, 7) is 0. The number of benzene rings is 2. The highest BCUT2D eigenvalue weighted by atomic mass is 35.5. The normalized spacial score (nSPS) is 10.6. The summed E-state index contributed by atoms with van der Waals surface area (Å²) in [5, 5.41) is 21.3. The molecular weight excluding hydrogens is 364 g/mol. The van der Waals surface area contributed by atoms with Crippen LogP contribution in [0.5, 0.6) is 0 Å². The second-order valence-electron chi connectivity index (χ2n) is 4.94. The number of hydrogen-bond acceptors (Lipinski definition) is 6. The maximum atomic E-state index is 12.2. The molecule has 0 amide bonds. The van der Waals surface area contributed by atoms with Crippen molar-refractivity contribution < 1.29 is 14.7 Å². The van der Waals surface area contributed by atoms with Gasteiger partial charge in [0, 0.05) is 10.6 Å². The lowest BCUT2D eigenvalue weighted by Crippen LogP contribution is -2.05. The predicted octanol–water partition coefficient (Wildman–Crippen LogP) is 2.99. The average molecular weight is 375 g/mol. The van der Waals surface area contributed by atoms with Crippen LogP contribution in [0.4, 0.5) is 0 Å². The molecule has 7 nitrogen and oxygen atoms in total. The Morgan fingerprint density at radius 1 is 1.04 bits per heavy atom. The molecule has 0 bridgehead atoms. The molecule has 0 unspecified atom stereocenters. The number of tetrazole rings is 1. The number of ketones is 1. The second kappa shape index (κ2) is 7.45. The summed E-state index contributed by atoms with van der Waals surface area (Å²) < 4.78 is 1.45. The third-order valence-electron chi connectivity index (χ3n) is 3.30. The topological polar surface area (TPSA) is 98.0 Å². The van der Waals surface area contributed by atoms with Crippen LogP contribution < -0.4 is 0 Å². The number of carbonyl (C=O) groups is 2. The first-order valence-corrected chi connectivity index (χ1v) is 8.44. The maximum absolute atomic E-state index is 12.2. The molecule has 9 heteroatoms. The highest BCUT2D eigenvalue weighted by Gasteiger charge is 2.13. The number of carboxylic acid groups (broad SMARTS) is 1. The molecule has 2 aromatic carbocycles. The Kier molecular flexibility index (Phi) is 5.11. The van der Waals surface area contributed by atoms with E-state index in [-0.39, 0.29) is 17.1 Å². The van der Waals surface area contributed by atoms with Gasteiger partial charge in [-0.15, -0.1) is 5.10 Å². The van der Waals surface area contributed by atoms with E-state index in [4.69, 9.17) is 16.7 Å². The molecule has 3 rings (SSSR count). The van der Waals surface area contributed by atoms with Crippen molar-refractivity contribution in [3.63, 3.8) is 0 Å². The molecular formula is C16H11ClN4O3S. The van der Waals surface area contributed by atoms with Crippen LogP contribution in [0.15, 0.2) is 53.7 Å². The van der Waals surface area contributed by atoms with Crippen molar-refractivity contribution in [1.82, 2.24) is 20.2 Å². The molecule has 0 aliphatic rings. The molecule has 3 aromatic rings. The number of halogens is 1. The van der Waals surface area contributed by atoms with E-state index in [1.54, 1.807) is 36.4 Å². The fourth-order valence-electron chi connectivity index (χ4n) is 2.03. The van der Waals surface area contributed by atoms with Gasteiger partial charge in [-0.3, -0.25) is 4.79 Å². The highest BCUT2D eigenvalue weighted by Crippen LogP contribution is 2.20. The minimum Gasteiger partial charge on any atom is -0.478 e. The van der Waals surface area contributed by atoms with E-state index in [2.05, 4.69) is 15.5 Å². The van der Waals surface area contributed by atoms with Gasteiger partial charge in [0.1, 0.15) is 0 Å². The van der Waals surface area contributed by atoms with Crippen molar-refractivity contribution >= 4 is 35.1 Å². The van der Waals surface area contributed by atoms with Gasteiger partial charge >= 0.3 is 5.97 Å². The van der Waals surface area contributed by atoms with Crippen molar-refractivity contribution in [2.24, 2.45) is 0 Å². The molecule has 1 N–H and O–H groups in total. The molecule has 0 aliphatic heterocycles. The molecule has 0 saturated heterocycles. The molecule has 1 aromatic heterocycles. The van der Waals surface area contributed by atoms with E-state index >= 15 is 0 Å². The first-order valence-electron chi connectivity index (χ1n) is 7.08. The molecule has 0 fully saturated rings. The van der Waals surface area contributed by atoms with Crippen molar-refractivity contribution in [2.75, 3.05) is 5.75 Å². The maximum Gasteiger partial charge on any atom is 0.335 e. The molecule has 25 heavy (non-hydrogen) atoms. The Labute approximate surface area is 151 Å². The first kappa shape index (κ1) is 17.1. The van der Waals surface area contributed by atoms with Crippen LogP contribution in [0.1, 0.15) is 20.7 Å². The van der Waals surface area contributed by atoms with Gasteiger partial charge in [-0.1, -0.05) is 23.4 Å². The van der Waals surface area contributed by atoms with E-state index in [1.165, 1.54) is 28.6 Å². The number of nitrogens with zero attached hydrogens (tertiary/aromatic N) is 4. The summed E-state index contributed by atoms with van der Waals surface area (Å²) in [5.74, 6) is -0.918. The van der Waals surface area contributed by atoms with Crippen molar-refractivity contribution in [2.45, 2.75) is 5.16 Å². The second-order valence-corrected chi connectivity index (χ2v) is 6.32. The van der Waals surface area contributed by atoms with Gasteiger partial charge in [-0.05, 0) is 59.0 Å². The quantitative estimate of drug-likeness (QED) is 0.523. The molecule has 1 heterocycles. The van der Waals surface area contributed by atoms with Crippen LogP contribution in [0.2, 0.25) is 5.02 Å². The van der Waals surface area contributed by atoms with Crippen LogP contribution in [-0.2, 0) is 0 Å². The summed E-state index contributed by atoms with van der Waals surface area (Å²) in [6, 6.07) is 12.8. The number of carbonyl (C=O) groups excluding carboxylic acids is 1. The van der Waals surface area contributed by atoms with Gasteiger partial charge in [0.25, 0.3) is 0 Å². The number of aromatic carboxylic acids is 1. The number of thioether (sulfide) groups is 1. The fourth-order valence-corrected chi connectivity index (χ4v) is 2.94. The average Bonchev–Trinajstić information content (AvgIpc) is 3.09. The Hall–Kier alpha value is -2.71. The standard InChI is InChI=1S/C16H11ClN4O3S/c17-12-5-1-10(2-6-12)14(22)9-25-16-18-19-20-21(16)13-7-3-11(4-8-13)15(23)24/h1-8H,9H2,(H,23,24). The Morgan fingerprint density at radius 3 is 2.32 bits per heavy atom. The van der Waals surface area contributed by atoms with E-state index in [9.17, 15) is 9.59 Å². The van der Waals surface area contributed by atoms with Crippen LogP contribution in [0.3, 0.4) is 0 Å². The smallest absolute Gasteiger partial charge is 0.335 e. The third-order valence-corrected chi connectivity index (χ3v) is 4.47. The zero-order valence-electron chi connectivity index (χ0n) is 12.7. The van der Waals surface area contributed by atoms with E-state index in [0.717, 1.165) is 0 Å². The molecule has 126 valence electrons. The first-order chi connectivity index (χ1) is 12.0. The van der Waals surface area contributed by atoms with E-state index in [1.807, 2.05) is 0 Å². The van der Waals surface area contributed by atoms with Gasteiger partial charge < -0.3 is 5.11 Å². The molecule has 0 atom stereocenters. The van der Waals surface area contributed by atoms with E-state index in [0.29, 0.717) is 21.4 Å². The predicted molar refractivity (Wildman–Crippen MR) is 92.6 cm³/mol. The van der Waals surface area contributed by atoms with Crippen LogP contribution >= 0.6 is 23.4 Å². The number of hydrogen-bond donors (Lipinski definition) is 1. The van der Waals surface area contributed by atoms with E-state index < -0.39 is 5.97 Å². The van der Waals surface area contributed by atoms with Gasteiger partial charge in [0.15, 0.2) is 5.78 Å². The number of aromatic nitrogens is 4. The summed E-state index contributed by atoms with van der Waals surface area (Å²) in [5.41, 5.74) is 1.34. The summed E-state index contributed by atoms with van der Waals surface area (Å²) in [7, 11) is 0. The fraction of sp³-hybridized carbons (Fsp3) is 0.0625. The van der Waals surface area contributed by atoms with Crippen LogP contribution in [0.25, 0.3) is 5.69 Å². The monoisotopic (exact) mass is 374 g/mol. The van der Waals surface area contributed by atoms with Crippen LogP contribution in [0, 0.1) is 0 Å². The third kappa shape index (κ3) is 4.04. The minimum absolute atomic E-state index is 0.0718. The Bertz CT molecular complexity index is 910.